The lowest BCUT2D eigenvalue weighted by atomic mass is 10.0. The monoisotopic (exact) mass is 249 g/mol. The number of amides is 1. The number of aliphatic hydroxyl groups is 1. The number of aryl methyl sites for hydroxylation is 1. The van der Waals surface area contributed by atoms with E-state index in [0.717, 1.165) is 16.7 Å². The summed E-state index contributed by atoms with van der Waals surface area (Å²) >= 11 is 0. The van der Waals surface area contributed by atoms with Gasteiger partial charge in [0.05, 0.1) is 25.9 Å². The van der Waals surface area contributed by atoms with E-state index in [0.29, 0.717) is 19.8 Å². The molecule has 1 unspecified atom stereocenters. The van der Waals surface area contributed by atoms with Crippen LogP contribution >= 0.6 is 0 Å². The third kappa shape index (κ3) is 2.40. The first-order valence-electron chi connectivity index (χ1n) is 6.21. The minimum absolute atomic E-state index is 0.0152. The van der Waals surface area contributed by atoms with Gasteiger partial charge in [0, 0.05) is 12.1 Å². The number of rotatable bonds is 2. The number of hydrogen-bond donors (Lipinski definition) is 1. The lowest BCUT2D eigenvalue weighted by molar-refractivity contribution is -0.0184. The highest BCUT2D eigenvalue weighted by Gasteiger charge is 2.28. The average Bonchev–Trinajstić information content (AvgIpc) is 2.41. The van der Waals surface area contributed by atoms with Crippen molar-refractivity contribution < 1.29 is 14.6 Å². The molecule has 0 aromatic heterocycles. The first kappa shape index (κ1) is 13.1. The van der Waals surface area contributed by atoms with Gasteiger partial charge in [-0.15, -0.1) is 0 Å². The lowest BCUT2D eigenvalue weighted by Crippen LogP contribution is -2.50. The molecule has 0 spiro atoms. The van der Waals surface area contributed by atoms with E-state index < -0.39 is 0 Å². The standard InChI is InChI=1S/C14H19NO3/c1-10-4-3-5-13(11(10)2)14(17)15-6-7-18-9-12(15)8-16/h3-5,12,16H,6-9H2,1-2H3. The van der Waals surface area contributed by atoms with Crippen molar-refractivity contribution in [1.29, 1.82) is 0 Å². The fraction of sp³-hybridized carbons (Fsp3) is 0.500. The molecule has 1 aromatic carbocycles. The highest BCUT2D eigenvalue weighted by Crippen LogP contribution is 2.18. The molecule has 4 heteroatoms. The Morgan fingerprint density at radius 3 is 3.00 bits per heavy atom. The molecular formula is C14H19NO3. The van der Waals surface area contributed by atoms with Gasteiger partial charge < -0.3 is 14.7 Å². The van der Waals surface area contributed by atoms with Crippen LogP contribution in [0.25, 0.3) is 0 Å². The number of benzene rings is 1. The SMILES string of the molecule is Cc1cccc(C(=O)N2CCOCC2CO)c1C. The Labute approximate surface area is 107 Å². The molecule has 18 heavy (non-hydrogen) atoms. The number of ether oxygens (including phenoxy) is 1. The second-order valence-corrected chi connectivity index (χ2v) is 4.66. The van der Waals surface area contributed by atoms with Crippen molar-refractivity contribution >= 4 is 5.91 Å². The van der Waals surface area contributed by atoms with Crippen molar-refractivity contribution in [3.63, 3.8) is 0 Å². The minimum atomic E-state index is -0.230. The average molecular weight is 249 g/mol. The molecular weight excluding hydrogens is 230 g/mol. The molecule has 0 radical (unpaired) electrons. The van der Waals surface area contributed by atoms with E-state index in [9.17, 15) is 9.90 Å². The Bertz CT molecular complexity index is 445. The van der Waals surface area contributed by atoms with Crippen molar-refractivity contribution in [2.45, 2.75) is 19.9 Å². The minimum Gasteiger partial charge on any atom is -0.394 e. The summed E-state index contributed by atoms with van der Waals surface area (Å²) in [5.41, 5.74) is 2.83. The first-order valence-corrected chi connectivity index (χ1v) is 6.21. The maximum atomic E-state index is 12.5. The van der Waals surface area contributed by atoms with Gasteiger partial charge >= 0.3 is 0 Å². The van der Waals surface area contributed by atoms with Crippen molar-refractivity contribution in [1.82, 2.24) is 4.90 Å². The topological polar surface area (TPSA) is 49.8 Å². The summed E-state index contributed by atoms with van der Waals surface area (Å²) < 4.78 is 5.29. The highest BCUT2D eigenvalue weighted by molar-refractivity contribution is 5.96. The second kappa shape index (κ2) is 5.50. The van der Waals surface area contributed by atoms with E-state index in [-0.39, 0.29) is 18.6 Å². The number of morpholine rings is 1. The number of nitrogens with zero attached hydrogens (tertiary/aromatic N) is 1. The van der Waals surface area contributed by atoms with Gasteiger partial charge in [-0.2, -0.15) is 0 Å². The van der Waals surface area contributed by atoms with Crippen LogP contribution in [0.5, 0.6) is 0 Å². The smallest absolute Gasteiger partial charge is 0.254 e. The summed E-state index contributed by atoms with van der Waals surface area (Å²) in [4.78, 5) is 14.2. The molecule has 1 amide bonds. The van der Waals surface area contributed by atoms with Crippen LogP contribution in [0.4, 0.5) is 0 Å². The summed E-state index contributed by atoms with van der Waals surface area (Å²) in [7, 11) is 0. The Hall–Kier alpha value is -1.39. The molecule has 1 aromatic rings. The lowest BCUT2D eigenvalue weighted by Gasteiger charge is -2.34. The molecule has 98 valence electrons. The van der Waals surface area contributed by atoms with Crippen LogP contribution < -0.4 is 0 Å². The molecule has 0 saturated carbocycles. The Kier molecular flexibility index (Phi) is 3.99. The highest BCUT2D eigenvalue weighted by atomic mass is 16.5. The third-order valence-electron chi connectivity index (χ3n) is 3.53. The van der Waals surface area contributed by atoms with Gasteiger partial charge in [0.2, 0.25) is 0 Å². The molecule has 2 rings (SSSR count). The third-order valence-corrected chi connectivity index (χ3v) is 3.53. The fourth-order valence-corrected chi connectivity index (χ4v) is 2.21. The van der Waals surface area contributed by atoms with Crippen molar-refractivity contribution in [3.05, 3.63) is 34.9 Å². The first-order chi connectivity index (χ1) is 8.65. The summed E-state index contributed by atoms with van der Waals surface area (Å²) in [6, 6.07) is 5.50. The number of carbonyl (C=O) groups excluding carboxylic acids is 1. The molecule has 1 fully saturated rings. The molecule has 1 saturated heterocycles. The van der Waals surface area contributed by atoms with Gasteiger partial charge in [0.25, 0.3) is 5.91 Å². The van der Waals surface area contributed by atoms with Gasteiger partial charge in [-0.3, -0.25) is 4.79 Å². The van der Waals surface area contributed by atoms with Crippen LogP contribution in [0.3, 0.4) is 0 Å². The second-order valence-electron chi connectivity index (χ2n) is 4.66. The molecule has 1 N–H and O–H groups in total. The molecule has 1 aliphatic rings. The fourth-order valence-electron chi connectivity index (χ4n) is 2.21. The normalized spacial score (nSPS) is 19.9. The van der Waals surface area contributed by atoms with Crippen LogP contribution in [0.2, 0.25) is 0 Å². The van der Waals surface area contributed by atoms with E-state index >= 15 is 0 Å². The van der Waals surface area contributed by atoms with Crippen molar-refractivity contribution in [2.24, 2.45) is 0 Å². The maximum absolute atomic E-state index is 12.5. The maximum Gasteiger partial charge on any atom is 0.254 e. The zero-order valence-corrected chi connectivity index (χ0v) is 10.8. The van der Waals surface area contributed by atoms with E-state index in [1.54, 1.807) is 4.90 Å². The molecule has 1 heterocycles. The number of hydrogen-bond acceptors (Lipinski definition) is 3. The summed E-state index contributed by atoms with van der Waals surface area (Å²) in [5, 5.41) is 9.31. The molecule has 0 aliphatic carbocycles. The zero-order chi connectivity index (χ0) is 13.1. The van der Waals surface area contributed by atoms with Gasteiger partial charge in [-0.1, -0.05) is 12.1 Å². The van der Waals surface area contributed by atoms with E-state index in [4.69, 9.17) is 4.74 Å². The largest absolute Gasteiger partial charge is 0.394 e. The number of carbonyl (C=O) groups is 1. The van der Waals surface area contributed by atoms with Crippen LogP contribution in [0.15, 0.2) is 18.2 Å². The van der Waals surface area contributed by atoms with Gasteiger partial charge in [0.1, 0.15) is 0 Å². The summed E-state index contributed by atoms with van der Waals surface area (Å²) in [6.45, 7) is 5.38. The van der Waals surface area contributed by atoms with Gasteiger partial charge in [-0.25, -0.2) is 0 Å². The van der Waals surface area contributed by atoms with Gasteiger partial charge in [0.15, 0.2) is 0 Å². The van der Waals surface area contributed by atoms with Crippen molar-refractivity contribution in [2.75, 3.05) is 26.4 Å². The van der Waals surface area contributed by atoms with E-state index in [2.05, 4.69) is 0 Å². The quantitative estimate of drug-likeness (QED) is 0.855. The zero-order valence-electron chi connectivity index (χ0n) is 10.8. The van der Waals surface area contributed by atoms with E-state index in [1.807, 2.05) is 32.0 Å². The predicted molar refractivity (Wildman–Crippen MR) is 68.6 cm³/mol. The van der Waals surface area contributed by atoms with Crippen LogP contribution in [0.1, 0.15) is 21.5 Å². The van der Waals surface area contributed by atoms with Crippen LogP contribution in [-0.4, -0.2) is 48.3 Å². The molecule has 1 aliphatic heterocycles. The molecule has 1 atom stereocenters. The van der Waals surface area contributed by atoms with Crippen LogP contribution in [0, 0.1) is 13.8 Å². The predicted octanol–water partition coefficient (Wildman–Crippen LogP) is 1.14. The Balaban J connectivity index is 2.27. The summed E-state index contributed by atoms with van der Waals surface area (Å²) in [6.07, 6.45) is 0. The van der Waals surface area contributed by atoms with Crippen molar-refractivity contribution in [3.8, 4) is 0 Å². The van der Waals surface area contributed by atoms with Gasteiger partial charge in [-0.05, 0) is 31.0 Å². The van der Waals surface area contributed by atoms with Crippen LogP contribution in [-0.2, 0) is 4.74 Å². The Morgan fingerprint density at radius 2 is 2.28 bits per heavy atom. The summed E-state index contributed by atoms with van der Waals surface area (Å²) in [5.74, 6) is -0.0152. The van der Waals surface area contributed by atoms with E-state index in [1.165, 1.54) is 0 Å². The molecule has 4 nitrogen and oxygen atoms in total. The Morgan fingerprint density at radius 1 is 1.50 bits per heavy atom. The number of aliphatic hydroxyl groups excluding tert-OH is 1. The molecule has 0 bridgehead atoms.